The molecular formula is C30H30N2O4. The molecule has 7 rings (SSSR count). The van der Waals surface area contributed by atoms with E-state index in [0.29, 0.717) is 23.6 Å². The number of hydrogen-bond acceptors (Lipinski definition) is 4. The van der Waals surface area contributed by atoms with Gasteiger partial charge in [-0.25, -0.2) is 9.69 Å². The van der Waals surface area contributed by atoms with Crippen molar-refractivity contribution >= 4 is 29.6 Å². The molecule has 1 heterocycles. The van der Waals surface area contributed by atoms with Crippen molar-refractivity contribution in [2.75, 3.05) is 11.5 Å². The van der Waals surface area contributed by atoms with Crippen molar-refractivity contribution in [3.05, 3.63) is 77.9 Å². The number of anilines is 1. The van der Waals surface area contributed by atoms with E-state index in [9.17, 15) is 14.4 Å². The molecule has 0 aromatic heterocycles. The average molecular weight is 483 g/mol. The zero-order valence-corrected chi connectivity index (χ0v) is 20.2. The number of carbonyl (C=O) groups excluding carboxylic acids is 3. The van der Waals surface area contributed by atoms with Gasteiger partial charge in [-0.05, 0) is 103 Å². The van der Waals surface area contributed by atoms with Crippen LogP contribution >= 0.6 is 0 Å². The molecule has 2 aromatic rings. The summed E-state index contributed by atoms with van der Waals surface area (Å²) in [6.45, 7) is 4.01. The monoisotopic (exact) mass is 482 g/mol. The predicted molar refractivity (Wildman–Crippen MR) is 137 cm³/mol. The summed E-state index contributed by atoms with van der Waals surface area (Å²) in [5.41, 5.74) is 2.60. The van der Waals surface area contributed by atoms with Crippen molar-refractivity contribution in [3.8, 4) is 5.75 Å². The number of urea groups is 1. The van der Waals surface area contributed by atoms with Gasteiger partial charge in [-0.1, -0.05) is 36.9 Å². The van der Waals surface area contributed by atoms with Gasteiger partial charge in [-0.3, -0.25) is 14.9 Å². The highest BCUT2D eigenvalue weighted by Crippen LogP contribution is 2.60. The van der Waals surface area contributed by atoms with E-state index in [1.54, 1.807) is 30.3 Å². The molecule has 6 nitrogen and oxygen atoms in total. The average Bonchev–Trinajstić information content (AvgIpc) is 2.85. The first-order valence-corrected chi connectivity index (χ1v) is 12.8. The Balaban J connectivity index is 1.24. The minimum atomic E-state index is -0.724. The Kier molecular flexibility index (Phi) is 5.55. The Bertz CT molecular complexity index is 1220. The maximum Gasteiger partial charge on any atom is 0.335 e. The number of barbiturate groups is 1. The molecule has 4 bridgehead atoms. The maximum atomic E-state index is 13.3. The third-order valence-electron chi connectivity index (χ3n) is 8.44. The summed E-state index contributed by atoms with van der Waals surface area (Å²) in [5, 5.41) is 2.31. The fourth-order valence-corrected chi connectivity index (χ4v) is 7.30. The smallest absolute Gasteiger partial charge is 0.335 e. The van der Waals surface area contributed by atoms with Crippen LogP contribution in [-0.4, -0.2) is 24.5 Å². The van der Waals surface area contributed by atoms with Gasteiger partial charge in [-0.2, -0.15) is 0 Å². The van der Waals surface area contributed by atoms with Gasteiger partial charge in [-0.15, -0.1) is 0 Å². The largest absolute Gasteiger partial charge is 0.490 e. The lowest BCUT2D eigenvalue weighted by atomic mass is 9.48. The Morgan fingerprint density at radius 1 is 0.917 bits per heavy atom. The number of amides is 4. The number of hydrogen-bond donors (Lipinski definition) is 1. The van der Waals surface area contributed by atoms with Crippen molar-refractivity contribution in [2.24, 2.45) is 17.8 Å². The zero-order valence-electron chi connectivity index (χ0n) is 20.2. The molecule has 1 N–H and O–H groups in total. The second-order valence-electron chi connectivity index (χ2n) is 10.9. The number of nitrogens with zero attached hydrogens (tertiary/aromatic N) is 1. The quantitative estimate of drug-likeness (QED) is 0.341. The standard InChI is InChI=1S/C30H30N2O4/c1-2-11-36-25-9-3-19(4-10-25)15-26-27(33)31-29(35)32(28(26)34)24-7-5-23(6-8-24)30-16-20-12-21(17-30)14-22(13-20)18-30/h2-10,15,20-22H,1,11-14,16-18H2,(H,31,33,35)/b26-15-. The van der Waals surface area contributed by atoms with Crippen molar-refractivity contribution in [3.63, 3.8) is 0 Å². The topological polar surface area (TPSA) is 75.7 Å². The lowest BCUT2D eigenvalue weighted by Gasteiger charge is -2.57. The van der Waals surface area contributed by atoms with E-state index in [0.717, 1.165) is 22.7 Å². The van der Waals surface area contributed by atoms with Crippen LogP contribution in [0.3, 0.4) is 0 Å². The summed E-state index contributed by atoms with van der Waals surface area (Å²) in [6.07, 6.45) is 11.1. The lowest BCUT2D eigenvalue weighted by Crippen LogP contribution is -2.54. The molecule has 36 heavy (non-hydrogen) atoms. The van der Waals surface area contributed by atoms with Crippen LogP contribution in [0.25, 0.3) is 6.08 Å². The van der Waals surface area contributed by atoms with Gasteiger partial charge in [0.25, 0.3) is 11.8 Å². The maximum absolute atomic E-state index is 13.3. The minimum Gasteiger partial charge on any atom is -0.490 e. The van der Waals surface area contributed by atoms with Gasteiger partial charge in [0, 0.05) is 0 Å². The molecule has 4 saturated carbocycles. The van der Waals surface area contributed by atoms with Gasteiger partial charge in [0.2, 0.25) is 0 Å². The first-order chi connectivity index (χ1) is 17.4. The molecule has 6 heteroatoms. The van der Waals surface area contributed by atoms with Gasteiger partial charge >= 0.3 is 6.03 Å². The molecule has 0 spiro atoms. The number of benzene rings is 2. The van der Waals surface area contributed by atoms with Crippen LogP contribution in [0.5, 0.6) is 5.75 Å². The van der Waals surface area contributed by atoms with E-state index in [2.05, 4.69) is 24.0 Å². The normalized spacial score (nSPS) is 30.0. The second kappa shape index (κ2) is 8.77. The Morgan fingerprint density at radius 2 is 1.53 bits per heavy atom. The lowest BCUT2D eigenvalue weighted by molar-refractivity contribution is -0.122. The molecule has 5 aliphatic rings. The fraction of sp³-hybridized carbons (Fsp3) is 0.367. The van der Waals surface area contributed by atoms with E-state index in [1.807, 2.05) is 12.1 Å². The van der Waals surface area contributed by atoms with Crippen LogP contribution in [0.2, 0.25) is 0 Å². The van der Waals surface area contributed by atoms with Crippen molar-refractivity contribution in [1.82, 2.24) is 5.32 Å². The zero-order chi connectivity index (χ0) is 24.9. The first-order valence-electron chi connectivity index (χ1n) is 12.8. The summed E-state index contributed by atoms with van der Waals surface area (Å²) in [5.74, 6) is 1.86. The van der Waals surface area contributed by atoms with Crippen molar-refractivity contribution in [1.29, 1.82) is 0 Å². The van der Waals surface area contributed by atoms with Crippen LogP contribution in [0.1, 0.15) is 49.7 Å². The highest BCUT2D eigenvalue weighted by atomic mass is 16.5. The molecule has 1 saturated heterocycles. The molecular weight excluding hydrogens is 452 g/mol. The number of imide groups is 2. The van der Waals surface area contributed by atoms with Gasteiger partial charge < -0.3 is 4.74 Å². The van der Waals surface area contributed by atoms with Gasteiger partial charge in [0.15, 0.2) is 0 Å². The molecule has 0 atom stereocenters. The first kappa shape index (κ1) is 22.8. The summed E-state index contributed by atoms with van der Waals surface area (Å²) in [4.78, 5) is 39.6. The Morgan fingerprint density at radius 3 is 2.11 bits per heavy atom. The fourth-order valence-electron chi connectivity index (χ4n) is 7.30. The molecule has 1 aliphatic heterocycles. The Labute approximate surface area is 211 Å². The summed E-state index contributed by atoms with van der Waals surface area (Å²) in [7, 11) is 0. The van der Waals surface area contributed by atoms with Gasteiger partial charge in [0.1, 0.15) is 17.9 Å². The highest BCUT2D eigenvalue weighted by molar-refractivity contribution is 6.39. The summed E-state index contributed by atoms with van der Waals surface area (Å²) < 4.78 is 5.48. The van der Waals surface area contributed by atoms with E-state index >= 15 is 0 Å². The molecule has 0 radical (unpaired) electrons. The molecule has 4 amide bonds. The molecule has 2 aromatic carbocycles. The second-order valence-corrected chi connectivity index (χ2v) is 10.9. The Hall–Kier alpha value is -3.67. The molecule has 5 fully saturated rings. The SMILES string of the molecule is C=CCOc1ccc(/C=C2/C(=O)NC(=O)N(c3ccc(C45CC6CC(CC(C6)C4)C5)cc3)C2=O)cc1. The van der Waals surface area contributed by atoms with Crippen LogP contribution in [0, 0.1) is 17.8 Å². The van der Waals surface area contributed by atoms with E-state index in [-0.39, 0.29) is 11.0 Å². The third kappa shape index (κ3) is 3.94. The summed E-state index contributed by atoms with van der Waals surface area (Å²) >= 11 is 0. The molecule has 184 valence electrons. The summed E-state index contributed by atoms with van der Waals surface area (Å²) in [6, 6.07) is 14.2. The van der Waals surface area contributed by atoms with E-state index in [4.69, 9.17) is 4.74 Å². The number of nitrogens with one attached hydrogen (secondary N) is 1. The van der Waals surface area contributed by atoms with Gasteiger partial charge in [0.05, 0.1) is 5.69 Å². The van der Waals surface area contributed by atoms with E-state index in [1.165, 1.54) is 50.2 Å². The third-order valence-corrected chi connectivity index (χ3v) is 8.44. The van der Waals surface area contributed by atoms with Crippen LogP contribution in [-0.2, 0) is 15.0 Å². The van der Waals surface area contributed by atoms with Crippen LogP contribution in [0.4, 0.5) is 10.5 Å². The van der Waals surface area contributed by atoms with Crippen LogP contribution in [0.15, 0.2) is 66.8 Å². The number of carbonyl (C=O) groups is 3. The van der Waals surface area contributed by atoms with Crippen molar-refractivity contribution < 1.29 is 19.1 Å². The van der Waals surface area contributed by atoms with Crippen molar-refractivity contribution in [2.45, 2.75) is 43.9 Å². The minimum absolute atomic E-state index is 0.0838. The predicted octanol–water partition coefficient (Wildman–Crippen LogP) is 5.39. The number of ether oxygens (including phenoxy) is 1. The number of rotatable bonds is 6. The molecule has 4 aliphatic carbocycles. The molecule has 0 unspecified atom stereocenters. The van der Waals surface area contributed by atoms with E-state index < -0.39 is 17.8 Å². The van der Waals surface area contributed by atoms with Crippen LogP contribution < -0.4 is 15.0 Å². The highest BCUT2D eigenvalue weighted by Gasteiger charge is 2.51.